The van der Waals surface area contributed by atoms with Crippen LogP contribution in [0, 0.1) is 35.3 Å². The van der Waals surface area contributed by atoms with Crippen molar-refractivity contribution in [2.75, 3.05) is 11.9 Å². The summed E-state index contributed by atoms with van der Waals surface area (Å²) < 4.78 is 5.17. The molecule has 0 aliphatic heterocycles. The number of nitro benzene ring substituents is 1. The molecule has 0 aliphatic rings. The highest BCUT2D eigenvalue weighted by molar-refractivity contribution is 5.88. The van der Waals surface area contributed by atoms with Gasteiger partial charge in [0.2, 0.25) is 0 Å². The Labute approximate surface area is 143 Å². The van der Waals surface area contributed by atoms with Crippen molar-refractivity contribution in [3.63, 3.8) is 0 Å². The second-order valence-corrected chi connectivity index (χ2v) is 5.76. The topological polar surface area (TPSA) is 109 Å². The van der Waals surface area contributed by atoms with Crippen LogP contribution in [0.1, 0.15) is 22.6 Å². The number of aryl methyl sites for hydroxylation is 2. The molecule has 0 aliphatic carbocycles. The fourth-order valence-electron chi connectivity index (χ4n) is 2.65. The van der Waals surface area contributed by atoms with Crippen molar-refractivity contribution in [3.8, 4) is 6.07 Å². The van der Waals surface area contributed by atoms with Crippen molar-refractivity contribution >= 4 is 22.4 Å². The van der Waals surface area contributed by atoms with E-state index in [4.69, 9.17) is 4.52 Å². The number of rotatable bonds is 4. The first kappa shape index (κ1) is 16.4. The van der Waals surface area contributed by atoms with E-state index in [1.807, 2.05) is 25.8 Å². The molecule has 0 N–H and O–H groups in total. The van der Waals surface area contributed by atoms with Gasteiger partial charge in [0.25, 0.3) is 5.69 Å². The van der Waals surface area contributed by atoms with E-state index in [0.717, 1.165) is 17.0 Å². The van der Waals surface area contributed by atoms with Gasteiger partial charge >= 0.3 is 0 Å². The molecule has 2 aromatic heterocycles. The van der Waals surface area contributed by atoms with E-state index in [9.17, 15) is 15.4 Å². The summed E-state index contributed by atoms with van der Waals surface area (Å²) in [5.41, 5.74) is 2.58. The van der Waals surface area contributed by atoms with Crippen LogP contribution in [0.25, 0.3) is 10.9 Å². The molecule has 0 saturated heterocycles. The Morgan fingerprint density at radius 1 is 1.36 bits per heavy atom. The summed E-state index contributed by atoms with van der Waals surface area (Å²) in [4.78, 5) is 16.9. The van der Waals surface area contributed by atoms with Gasteiger partial charge in [-0.3, -0.25) is 10.1 Å². The molecule has 0 bridgehead atoms. The smallest absolute Gasteiger partial charge is 0.270 e. The Kier molecular flexibility index (Phi) is 4.07. The zero-order chi connectivity index (χ0) is 18.1. The zero-order valence-electron chi connectivity index (χ0n) is 14.0. The molecule has 2 heterocycles. The van der Waals surface area contributed by atoms with E-state index in [0.29, 0.717) is 28.8 Å². The van der Waals surface area contributed by atoms with Crippen molar-refractivity contribution in [2.45, 2.75) is 20.4 Å². The molecule has 3 rings (SSSR count). The lowest BCUT2D eigenvalue weighted by molar-refractivity contribution is -0.384. The number of benzene rings is 1. The standard InChI is InChI=1S/C17H15N5O3/c1-10-15(11(2)25-20-10)9-21(3)17-6-12(8-18)14-7-13(22(23)24)4-5-16(14)19-17/h4-7H,9H2,1-3H3. The van der Waals surface area contributed by atoms with Crippen LogP contribution in [0.5, 0.6) is 0 Å². The summed E-state index contributed by atoms with van der Waals surface area (Å²) in [7, 11) is 1.85. The molecule has 0 amide bonds. The predicted molar refractivity (Wildman–Crippen MR) is 91.2 cm³/mol. The van der Waals surface area contributed by atoms with E-state index in [1.165, 1.54) is 12.1 Å². The molecule has 0 radical (unpaired) electrons. The number of fused-ring (bicyclic) bond motifs is 1. The van der Waals surface area contributed by atoms with E-state index in [1.54, 1.807) is 12.1 Å². The SMILES string of the molecule is Cc1noc(C)c1CN(C)c1cc(C#N)c2cc([N+](=O)[O-])ccc2n1. The van der Waals surface area contributed by atoms with Crippen LogP contribution >= 0.6 is 0 Å². The Morgan fingerprint density at radius 2 is 2.12 bits per heavy atom. The second-order valence-electron chi connectivity index (χ2n) is 5.76. The highest BCUT2D eigenvalue weighted by atomic mass is 16.6. The molecule has 8 heteroatoms. The zero-order valence-corrected chi connectivity index (χ0v) is 14.0. The predicted octanol–water partition coefficient (Wildman–Crippen LogP) is 3.26. The molecule has 0 unspecified atom stereocenters. The maximum atomic E-state index is 10.9. The van der Waals surface area contributed by atoms with Crippen LogP contribution in [0.4, 0.5) is 11.5 Å². The summed E-state index contributed by atoms with van der Waals surface area (Å²) in [6.07, 6.45) is 0. The molecule has 8 nitrogen and oxygen atoms in total. The number of non-ortho nitro benzene ring substituents is 1. The van der Waals surface area contributed by atoms with Crippen molar-refractivity contribution < 1.29 is 9.45 Å². The third-order valence-corrected chi connectivity index (χ3v) is 4.08. The van der Waals surface area contributed by atoms with Gasteiger partial charge in [0.1, 0.15) is 11.6 Å². The monoisotopic (exact) mass is 337 g/mol. The minimum Gasteiger partial charge on any atom is -0.361 e. The number of anilines is 1. The number of hydrogen-bond donors (Lipinski definition) is 0. The molecule has 0 spiro atoms. The molecule has 126 valence electrons. The molecule has 0 saturated carbocycles. The largest absolute Gasteiger partial charge is 0.361 e. The first-order chi connectivity index (χ1) is 11.9. The lowest BCUT2D eigenvalue weighted by atomic mass is 10.1. The molecule has 25 heavy (non-hydrogen) atoms. The van der Waals surface area contributed by atoms with E-state index >= 15 is 0 Å². The number of hydrogen-bond acceptors (Lipinski definition) is 7. The Morgan fingerprint density at radius 3 is 2.72 bits per heavy atom. The van der Waals surface area contributed by atoms with Crippen molar-refractivity contribution in [1.29, 1.82) is 5.26 Å². The first-order valence-corrected chi connectivity index (χ1v) is 7.53. The summed E-state index contributed by atoms with van der Waals surface area (Å²) in [6, 6.07) is 8.04. The van der Waals surface area contributed by atoms with Gasteiger partial charge in [0.15, 0.2) is 0 Å². The van der Waals surface area contributed by atoms with Gasteiger partial charge in [0.05, 0.1) is 27.8 Å². The fraction of sp³-hybridized carbons (Fsp3) is 0.235. The number of nitrogens with zero attached hydrogens (tertiary/aromatic N) is 5. The van der Waals surface area contributed by atoms with E-state index in [-0.39, 0.29) is 5.69 Å². The van der Waals surface area contributed by atoms with Gasteiger partial charge in [-0.2, -0.15) is 5.26 Å². The number of aromatic nitrogens is 2. The van der Waals surface area contributed by atoms with Crippen molar-refractivity contribution in [1.82, 2.24) is 10.1 Å². The average Bonchev–Trinajstić information content (AvgIpc) is 2.92. The highest BCUT2D eigenvalue weighted by Gasteiger charge is 2.16. The number of nitriles is 1. The Hall–Kier alpha value is -3.47. The third kappa shape index (κ3) is 2.99. The van der Waals surface area contributed by atoms with Crippen molar-refractivity contribution in [2.24, 2.45) is 0 Å². The fourth-order valence-corrected chi connectivity index (χ4v) is 2.65. The lowest BCUT2D eigenvalue weighted by Crippen LogP contribution is -2.18. The second kappa shape index (κ2) is 6.20. The Bertz CT molecular complexity index is 1000. The van der Waals surface area contributed by atoms with Crippen LogP contribution in [0.2, 0.25) is 0 Å². The van der Waals surface area contributed by atoms with Crippen LogP contribution in [0.15, 0.2) is 28.8 Å². The maximum Gasteiger partial charge on any atom is 0.270 e. The van der Waals surface area contributed by atoms with E-state index < -0.39 is 4.92 Å². The third-order valence-electron chi connectivity index (χ3n) is 4.08. The molecular formula is C17H15N5O3. The van der Waals surface area contributed by atoms with E-state index in [2.05, 4.69) is 16.2 Å². The van der Waals surface area contributed by atoms with Gasteiger partial charge < -0.3 is 9.42 Å². The molecular weight excluding hydrogens is 322 g/mol. The average molecular weight is 337 g/mol. The van der Waals surface area contributed by atoms with Crippen LogP contribution in [-0.2, 0) is 6.54 Å². The van der Waals surface area contributed by atoms with Gasteiger partial charge in [-0.15, -0.1) is 0 Å². The quantitative estimate of drug-likeness (QED) is 0.531. The van der Waals surface area contributed by atoms with Crippen molar-refractivity contribution in [3.05, 3.63) is 57.0 Å². The van der Waals surface area contributed by atoms with Crippen LogP contribution < -0.4 is 4.90 Å². The summed E-state index contributed by atoms with van der Waals surface area (Å²) >= 11 is 0. The Balaban J connectivity index is 2.04. The number of pyridine rings is 1. The van der Waals surface area contributed by atoms with Gasteiger partial charge in [-0.25, -0.2) is 4.98 Å². The van der Waals surface area contributed by atoms with Gasteiger partial charge in [0, 0.05) is 36.7 Å². The highest BCUT2D eigenvalue weighted by Crippen LogP contribution is 2.27. The maximum absolute atomic E-state index is 10.9. The summed E-state index contributed by atoms with van der Waals surface area (Å²) in [6.45, 7) is 4.24. The first-order valence-electron chi connectivity index (χ1n) is 7.53. The minimum atomic E-state index is -0.488. The molecule has 1 aromatic carbocycles. The van der Waals surface area contributed by atoms with Crippen LogP contribution in [-0.4, -0.2) is 22.1 Å². The minimum absolute atomic E-state index is 0.0670. The lowest BCUT2D eigenvalue weighted by Gasteiger charge is -2.19. The summed E-state index contributed by atoms with van der Waals surface area (Å²) in [5, 5.41) is 24.8. The normalized spacial score (nSPS) is 10.6. The molecule has 3 aromatic rings. The summed E-state index contributed by atoms with van der Waals surface area (Å²) in [5.74, 6) is 1.33. The molecule has 0 fully saturated rings. The number of nitro groups is 1. The molecule has 0 atom stereocenters. The van der Waals surface area contributed by atoms with Crippen LogP contribution in [0.3, 0.4) is 0 Å². The van der Waals surface area contributed by atoms with Gasteiger partial charge in [-0.05, 0) is 26.0 Å². The van der Waals surface area contributed by atoms with Gasteiger partial charge in [-0.1, -0.05) is 5.16 Å².